The number of esters is 2. The van der Waals surface area contributed by atoms with Gasteiger partial charge in [-0.2, -0.15) is 0 Å². The molecule has 1 aliphatic heterocycles. The van der Waals surface area contributed by atoms with Crippen LogP contribution in [0.2, 0.25) is 0 Å². The number of carbonyl (C=O) groups excluding carboxylic acids is 2. The zero-order chi connectivity index (χ0) is 30.1. The molecular weight excluding hydrogens is 544 g/mol. The van der Waals surface area contributed by atoms with E-state index in [4.69, 9.17) is 18.9 Å². The molecule has 0 spiro atoms. The fourth-order valence-corrected chi connectivity index (χ4v) is 3.86. The maximum absolute atomic E-state index is 12.6. The molecule has 0 aromatic heterocycles. The molecule has 2 aromatic carbocycles. The van der Waals surface area contributed by atoms with Crippen molar-refractivity contribution < 1.29 is 64.3 Å². The number of benzene rings is 2. The molecule has 7 N–H and O–H groups in total. The van der Waals surface area contributed by atoms with Gasteiger partial charge in [0.2, 0.25) is 12.4 Å². The number of carbonyl (C=O) groups is 2. The Kier molecular flexibility index (Phi) is 11.3. The second-order valence-corrected chi connectivity index (χ2v) is 9.35. The lowest BCUT2D eigenvalue weighted by Gasteiger charge is -2.39. The number of unbranched alkanes of at least 4 members (excludes halogenated alkanes) is 1. The third-order valence-electron chi connectivity index (χ3n) is 6.21. The maximum atomic E-state index is 12.6. The van der Waals surface area contributed by atoms with Crippen molar-refractivity contribution in [1.82, 2.24) is 0 Å². The van der Waals surface area contributed by atoms with E-state index in [1.165, 1.54) is 42.5 Å². The van der Waals surface area contributed by atoms with E-state index in [0.717, 1.165) is 12.5 Å². The molecule has 2 aromatic rings. The van der Waals surface area contributed by atoms with Crippen LogP contribution in [-0.4, -0.2) is 97.7 Å². The Morgan fingerprint density at radius 1 is 0.976 bits per heavy atom. The number of ether oxygens (including phenoxy) is 4. The summed E-state index contributed by atoms with van der Waals surface area (Å²) < 4.78 is 21.3. The van der Waals surface area contributed by atoms with E-state index in [1.54, 1.807) is 0 Å². The lowest BCUT2D eigenvalue weighted by Crippen LogP contribution is -2.60. The summed E-state index contributed by atoms with van der Waals surface area (Å²) in [6, 6.07) is 7.87. The Morgan fingerprint density at radius 2 is 1.71 bits per heavy atom. The quantitative estimate of drug-likeness (QED) is 0.0792. The highest BCUT2D eigenvalue weighted by Crippen LogP contribution is 2.32. The van der Waals surface area contributed by atoms with Crippen molar-refractivity contribution in [2.24, 2.45) is 0 Å². The first-order valence-electron chi connectivity index (χ1n) is 12.9. The normalized spacial score (nSPS) is 23.2. The Hall–Kier alpha value is -3.88. The summed E-state index contributed by atoms with van der Waals surface area (Å²) in [6.45, 7) is 1.38. The maximum Gasteiger partial charge on any atom is 0.347 e. The van der Waals surface area contributed by atoms with Gasteiger partial charge in [-0.3, -0.25) is 0 Å². The molecule has 1 heterocycles. The van der Waals surface area contributed by atoms with Crippen molar-refractivity contribution in [2.75, 3.05) is 13.2 Å². The summed E-state index contributed by atoms with van der Waals surface area (Å²) >= 11 is 0. The van der Waals surface area contributed by atoms with E-state index in [9.17, 15) is 45.3 Å². The summed E-state index contributed by atoms with van der Waals surface area (Å²) in [6.07, 6.45) is -5.50. The summed E-state index contributed by atoms with van der Waals surface area (Å²) in [5.74, 6) is -3.01. The molecule has 0 bridgehead atoms. The molecule has 41 heavy (non-hydrogen) atoms. The Labute approximate surface area is 235 Å². The molecule has 1 fully saturated rings. The topological polar surface area (TPSA) is 213 Å². The molecule has 0 radical (unpaired) electrons. The van der Waals surface area contributed by atoms with Crippen LogP contribution in [0.15, 0.2) is 42.5 Å². The van der Waals surface area contributed by atoms with Gasteiger partial charge in [0.05, 0.1) is 13.2 Å². The first kappa shape index (κ1) is 31.6. The zero-order valence-corrected chi connectivity index (χ0v) is 22.2. The van der Waals surface area contributed by atoms with Crippen molar-refractivity contribution >= 4 is 18.0 Å². The average molecular weight is 579 g/mol. The average Bonchev–Trinajstić information content (AvgIpc) is 2.95. The highest BCUT2D eigenvalue weighted by molar-refractivity contribution is 5.89. The van der Waals surface area contributed by atoms with Gasteiger partial charge < -0.3 is 54.7 Å². The van der Waals surface area contributed by atoms with Crippen LogP contribution >= 0.6 is 0 Å². The van der Waals surface area contributed by atoms with Gasteiger partial charge in [0.1, 0.15) is 24.4 Å². The van der Waals surface area contributed by atoms with Crippen molar-refractivity contribution in [3.8, 4) is 23.0 Å². The predicted molar refractivity (Wildman–Crippen MR) is 141 cm³/mol. The highest BCUT2D eigenvalue weighted by atomic mass is 16.7. The number of hydrogen-bond donors (Lipinski definition) is 7. The number of aliphatic hydroxyl groups is 4. The third kappa shape index (κ3) is 8.55. The molecular formula is C28H34O13. The van der Waals surface area contributed by atoms with E-state index >= 15 is 0 Å². The predicted octanol–water partition coefficient (Wildman–Crippen LogP) is 0.493. The number of phenols is 3. The van der Waals surface area contributed by atoms with E-state index in [0.29, 0.717) is 17.5 Å². The van der Waals surface area contributed by atoms with Gasteiger partial charge in [0.25, 0.3) is 0 Å². The van der Waals surface area contributed by atoms with Crippen molar-refractivity contribution in [2.45, 2.75) is 63.0 Å². The molecule has 6 atom stereocenters. The second-order valence-electron chi connectivity index (χ2n) is 9.35. The van der Waals surface area contributed by atoms with Gasteiger partial charge in [-0.25, -0.2) is 9.59 Å². The van der Waals surface area contributed by atoms with Crippen molar-refractivity contribution in [3.05, 3.63) is 53.6 Å². The molecule has 0 unspecified atom stereocenters. The largest absolute Gasteiger partial charge is 0.504 e. The van der Waals surface area contributed by atoms with Gasteiger partial charge in [-0.1, -0.05) is 25.5 Å². The molecule has 1 saturated heterocycles. The molecule has 13 nitrogen and oxygen atoms in total. The molecule has 224 valence electrons. The van der Waals surface area contributed by atoms with Crippen LogP contribution in [0.1, 0.15) is 30.9 Å². The molecule has 0 aliphatic carbocycles. The van der Waals surface area contributed by atoms with Gasteiger partial charge in [0, 0.05) is 12.5 Å². The minimum atomic E-state index is -1.70. The SMILES string of the molecule is CCCCOC(=O)[C@@H](Cc1ccc(O)c(O)c1)OC(=O)/C=C/c1ccc(O)c(O[C@@H]2O[C@H](CO)[C@@H](O)[C@H](O)[C@H]2O)c1. The van der Waals surface area contributed by atoms with Crippen LogP contribution < -0.4 is 4.74 Å². The Balaban J connectivity index is 1.71. The monoisotopic (exact) mass is 578 g/mol. The van der Waals surface area contributed by atoms with E-state index < -0.39 is 61.1 Å². The molecule has 13 heteroatoms. The number of hydrogen-bond acceptors (Lipinski definition) is 13. The van der Waals surface area contributed by atoms with Gasteiger partial charge in [0.15, 0.2) is 23.0 Å². The molecule has 0 amide bonds. The molecule has 0 saturated carbocycles. The number of rotatable bonds is 12. The smallest absolute Gasteiger partial charge is 0.347 e. The molecule has 1 aliphatic rings. The number of aromatic hydroxyl groups is 3. The summed E-state index contributed by atoms with van der Waals surface area (Å²) in [5, 5.41) is 68.9. The lowest BCUT2D eigenvalue weighted by molar-refractivity contribution is -0.277. The summed E-state index contributed by atoms with van der Waals surface area (Å²) in [7, 11) is 0. The van der Waals surface area contributed by atoms with Gasteiger partial charge in [-0.15, -0.1) is 0 Å². The van der Waals surface area contributed by atoms with Crippen LogP contribution in [0, 0.1) is 0 Å². The Bertz CT molecular complexity index is 1210. The van der Waals surface area contributed by atoms with Gasteiger partial charge >= 0.3 is 11.9 Å². The minimum absolute atomic E-state index is 0.130. The Morgan fingerprint density at radius 3 is 2.39 bits per heavy atom. The zero-order valence-electron chi connectivity index (χ0n) is 22.2. The van der Waals surface area contributed by atoms with Gasteiger partial charge in [-0.05, 0) is 47.9 Å². The highest BCUT2D eigenvalue weighted by Gasteiger charge is 2.45. The number of aliphatic hydroxyl groups excluding tert-OH is 4. The fourth-order valence-electron chi connectivity index (χ4n) is 3.86. The van der Waals surface area contributed by atoms with Crippen LogP contribution in [0.3, 0.4) is 0 Å². The van der Waals surface area contributed by atoms with E-state index in [2.05, 4.69) is 0 Å². The van der Waals surface area contributed by atoms with Crippen LogP contribution in [-0.2, 0) is 30.2 Å². The van der Waals surface area contributed by atoms with Crippen molar-refractivity contribution in [1.29, 1.82) is 0 Å². The van der Waals surface area contributed by atoms with Crippen LogP contribution in [0.5, 0.6) is 23.0 Å². The second kappa shape index (κ2) is 14.7. The van der Waals surface area contributed by atoms with E-state index in [1.807, 2.05) is 6.92 Å². The number of phenolic OH excluding ortho intramolecular Hbond substituents is 3. The molecule has 3 rings (SSSR count). The third-order valence-corrected chi connectivity index (χ3v) is 6.21. The lowest BCUT2D eigenvalue weighted by atomic mass is 9.99. The standard InChI is InChI=1S/C28H34O13/c1-2-3-10-38-27(37)21(13-16-5-7-17(30)19(32)11-16)39-23(33)9-6-15-4-8-18(31)20(12-15)40-28-26(36)25(35)24(34)22(14-29)41-28/h4-9,11-12,21-22,24-26,28-32,34-36H,2-3,10,13-14H2,1H3/b9-6+/t21-,22-,24-,25+,26-,28-/m1/s1. The van der Waals surface area contributed by atoms with E-state index in [-0.39, 0.29) is 30.3 Å². The van der Waals surface area contributed by atoms with Crippen LogP contribution in [0.25, 0.3) is 6.08 Å². The minimum Gasteiger partial charge on any atom is -0.504 e. The first-order chi connectivity index (χ1) is 19.5. The van der Waals surface area contributed by atoms with Crippen LogP contribution in [0.4, 0.5) is 0 Å². The van der Waals surface area contributed by atoms with Crippen molar-refractivity contribution in [3.63, 3.8) is 0 Å². The summed E-state index contributed by atoms with van der Waals surface area (Å²) in [5.41, 5.74) is 0.730. The fraction of sp³-hybridized carbons (Fsp3) is 0.429. The first-order valence-corrected chi connectivity index (χ1v) is 12.9. The summed E-state index contributed by atoms with van der Waals surface area (Å²) in [4.78, 5) is 25.2.